The van der Waals surface area contributed by atoms with E-state index in [-0.39, 0.29) is 11.9 Å². The maximum atomic E-state index is 11.9. The fourth-order valence-corrected chi connectivity index (χ4v) is 2.39. The number of hydrogen-bond donors (Lipinski definition) is 1. The second-order valence-corrected chi connectivity index (χ2v) is 5.94. The van der Waals surface area contributed by atoms with Gasteiger partial charge < -0.3 is 5.32 Å². The second-order valence-electron chi connectivity index (χ2n) is 4.78. The summed E-state index contributed by atoms with van der Waals surface area (Å²) in [6.45, 7) is 4.57. The lowest BCUT2D eigenvalue weighted by Crippen LogP contribution is -2.27. The van der Waals surface area contributed by atoms with Crippen LogP contribution in [0.5, 0.6) is 0 Å². The number of nitrogens with one attached hydrogen (secondary N) is 1. The van der Waals surface area contributed by atoms with Gasteiger partial charge in [0.2, 0.25) is 5.91 Å². The summed E-state index contributed by atoms with van der Waals surface area (Å²) in [7, 11) is 0. The van der Waals surface area contributed by atoms with Gasteiger partial charge in [-0.2, -0.15) is 5.10 Å². The number of nitrogens with zero attached hydrogens (tertiary/aromatic N) is 2. The maximum Gasteiger partial charge on any atom is 0.222 e. The average molecular weight is 383 g/mol. The molecule has 106 valence electrons. The number of benzene rings is 1. The molecule has 0 aliphatic rings. The van der Waals surface area contributed by atoms with Gasteiger partial charge in [0.05, 0.1) is 15.3 Å². The summed E-state index contributed by atoms with van der Waals surface area (Å²) in [5, 5.41) is 7.35. The molecule has 0 fully saturated rings. The van der Waals surface area contributed by atoms with Crippen LogP contribution in [0.25, 0.3) is 0 Å². The standard InChI is InChI=1S/C15H18IN3O/c1-11(13-6-4-3-5-7-13)17-15(20)8-9-19-10-14(16)12(2)18-19/h3-7,10-11H,8-9H2,1-2H3,(H,17,20). The third kappa shape index (κ3) is 4.06. The molecule has 5 heteroatoms. The van der Waals surface area contributed by atoms with E-state index >= 15 is 0 Å². The molecule has 0 radical (unpaired) electrons. The van der Waals surface area contributed by atoms with Crippen LogP contribution in [-0.2, 0) is 11.3 Å². The normalized spacial score (nSPS) is 12.2. The van der Waals surface area contributed by atoms with Crippen molar-refractivity contribution in [1.82, 2.24) is 15.1 Å². The lowest BCUT2D eigenvalue weighted by molar-refractivity contribution is -0.122. The predicted octanol–water partition coefficient (Wildman–Crippen LogP) is 3.06. The summed E-state index contributed by atoms with van der Waals surface area (Å²) in [6.07, 6.45) is 2.40. The Hall–Kier alpha value is -1.37. The molecule has 1 atom stereocenters. The lowest BCUT2D eigenvalue weighted by Gasteiger charge is -2.14. The average Bonchev–Trinajstić information content (AvgIpc) is 2.76. The van der Waals surface area contributed by atoms with E-state index in [2.05, 4.69) is 33.0 Å². The van der Waals surface area contributed by atoms with Crippen LogP contribution in [0.15, 0.2) is 36.5 Å². The molecule has 2 aromatic rings. The molecule has 0 saturated heterocycles. The molecular formula is C15H18IN3O. The van der Waals surface area contributed by atoms with Crippen molar-refractivity contribution >= 4 is 28.5 Å². The molecule has 1 aromatic carbocycles. The van der Waals surface area contributed by atoms with Crippen molar-refractivity contribution in [2.45, 2.75) is 32.9 Å². The zero-order valence-electron chi connectivity index (χ0n) is 11.6. The molecule has 1 amide bonds. The monoisotopic (exact) mass is 383 g/mol. The van der Waals surface area contributed by atoms with Crippen LogP contribution in [0.1, 0.15) is 30.6 Å². The molecule has 1 N–H and O–H groups in total. The van der Waals surface area contributed by atoms with E-state index in [1.807, 2.05) is 55.1 Å². The van der Waals surface area contributed by atoms with Gasteiger partial charge in [0.1, 0.15) is 0 Å². The van der Waals surface area contributed by atoms with E-state index in [9.17, 15) is 4.79 Å². The van der Waals surface area contributed by atoms with Crippen LogP contribution in [0, 0.1) is 10.5 Å². The number of carbonyl (C=O) groups is 1. The summed E-state index contributed by atoms with van der Waals surface area (Å²) < 4.78 is 2.95. The Morgan fingerprint density at radius 1 is 1.40 bits per heavy atom. The quantitative estimate of drug-likeness (QED) is 0.807. The molecule has 0 spiro atoms. The summed E-state index contributed by atoms with van der Waals surface area (Å²) >= 11 is 2.25. The van der Waals surface area contributed by atoms with Gasteiger partial charge >= 0.3 is 0 Å². The first-order chi connectivity index (χ1) is 9.56. The fraction of sp³-hybridized carbons (Fsp3) is 0.333. The molecule has 1 heterocycles. The molecule has 1 aromatic heterocycles. The number of aromatic nitrogens is 2. The molecule has 0 aliphatic heterocycles. The Labute approximate surface area is 132 Å². The van der Waals surface area contributed by atoms with E-state index in [0.29, 0.717) is 13.0 Å². The summed E-state index contributed by atoms with van der Waals surface area (Å²) in [6, 6.07) is 10.00. The number of hydrogen-bond acceptors (Lipinski definition) is 2. The van der Waals surface area contributed by atoms with Crippen LogP contribution in [-0.4, -0.2) is 15.7 Å². The van der Waals surface area contributed by atoms with Crippen molar-refractivity contribution in [1.29, 1.82) is 0 Å². The van der Waals surface area contributed by atoms with Crippen molar-refractivity contribution in [3.8, 4) is 0 Å². The van der Waals surface area contributed by atoms with Crippen LogP contribution in [0.4, 0.5) is 0 Å². The fourth-order valence-electron chi connectivity index (χ4n) is 1.96. The highest BCUT2D eigenvalue weighted by Gasteiger charge is 2.09. The van der Waals surface area contributed by atoms with E-state index in [4.69, 9.17) is 0 Å². The lowest BCUT2D eigenvalue weighted by atomic mass is 10.1. The number of aryl methyl sites for hydroxylation is 2. The molecule has 0 aliphatic carbocycles. The Morgan fingerprint density at radius 2 is 2.10 bits per heavy atom. The smallest absolute Gasteiger partial charge is 0.222 e. The number of rotatable bonds is 5. The molecule has 4 nitrogen and oxygen atoms in total. The van der Waals surface area contributed by atoms with E-state index in [1.165, 1.54) is 0 Å². The van der Waals surface area contributed by atoms with Crippen molar-refractivity contribution in [3.63, 3.8) is 0 Å². The van der Waals surface area contributed by atoms with E-state index < -0.39 is 0 Å². The van der Waals surface area contributed by atoms with Crippen molar-refractivity contribution < 1.29 is 4.79 Å². The minimum atomic E-state index is 0.0307. The SMILES string of the molecule is Cc1nn(CCC(=O)NC(C)c2ccccc2)cc1I. The first-order valence-electron chi connectivity index (χ1n) is 6.60. The van der Waals surface area contributed by atoms with Crippen LogP contribution < -0.4 is 5.32 Å². The zero-order chi connectivity index (χ0) is 14.5. The third-order valence-corrected chi connectivity index (χ3v) is 4.19. The van der Waals surface area contributed by atoms with Crippen molar-refractivity contribution in [3.05, 3.63) is 51.4 Å². The van der Waals surface area contributed by atoms with Crippen molar-refractivity contribution in [2.24, 2.45) is 0 Å². The van der Waals surface area contributed by atoms with Gasteiger partial charge in [0.15, 0.2) is 0 Å². The van der Waals surface area contributed by atoms with Gasteiger partial charge in [-0.1, -0.05) is 30.3 Å². The first kappa shape index (κ1) is 15.0. The van der Waals surface area contributed by atoms with Gasteiger partial charge in [0, 0.05) is 19.2 Å². The van der Waals surface area contributed by atoms with Crippen LogP contribution in [0.3, 0.4) is 0 Å². The zero-order valence-corrected chi connectivity index (χ0v) is 13.8. The van der Waals surface area contributed by atoms with Gasteiger partial charge in [-0.3, -0.25) is 9.48 Å². The largest absolute Gasteiger partial charge is 0.350 e. The van der Waals surface area contributed by atoms with E-state index in [1.54, 1.807) is 0 Å². The minimum Gasteiger partial charge on any atom is -0.350 e. The van der Waals surface area contributed by atoms with Crippen LogP contribution >= 0.6 is 22.6 Å². The maximum absolute atomic E-state index is 11.9. The topological polar surface area (TPSA) is 46.9 Å². The summed E-state index contributed by atoms with van der Waals surface area (Å²) in [5.41, 5.74) is 2.12. The molecule has 0 saturated carbocycles. The number of halogens is 1. The molecule has 1 unspecified atom stereocenters. The Kier molecular flexibility index (Phi) is 5.17. The summed E-state index contributed by atoms with van der Waals surface area (Å²) in [5.74, 6) is 0.0458. The highest BCUT2D eigenvalue weighted by Crippen LogP contribution is 2.12. The third-order valence-electron chi connectivity index (χ3n) is 3.13. The van der Waals surface area contributed by atoms with Crippen LogP contribution in [0.2, 0.25) is 0 Å². The van der Waals surface area contributed by atoms with Gasteiger partial charge in [-0.25, -0.2) is 0 Å². The first-order valence-corrected chi connectivity index (χ1v) is 7.68. The van der Waals surface area contributed by atoms with Gasteiger partial charge in [-0.15, -0.1) is 0 Å². The van der Waals surface area contributed by atoms with E-state index in [0.717, 1.165) is 14.8 Å². The number of carbonyl (C=O) groups excluding carboxylic acids is 1. The Bertz CT molecular complexity index is 561. The Morgan fingerprint density at radius 3 is 2.70 bits per heavy atom. The minimum absolute atomic E-state index is 0.0307. The Balaban J connectivity index is 1.84. The van der Waals surface area contributed by atoms with Crippen molar-refractivity contribution in [2.75, 3.05) is 0 Å². The molecule has 0 bridgehead atoms. The highest BCUT2D eigenvalue weighted by atomic mass is 127. The molecule has 2 rings (SSSR count). The van der Waals surface area contributed by atoms with Gasteiger partial charge in [0.25, 0.3) is 0 Å². The molecule has 20 heavy (non-hydrogen) atoms. The highest BCUT2D eigenvalue weighted by molar-refractivity contribution is 14.1. The second kappa shape index (κ2) is 6.88. The van der Waals surface area contributed by atoms with Gasteiger partial charge in [-0.05, 0) is 42.0 Å². The molecular weight excluding hydrogens is 365 g/mol. The number of amides is 1. The predicted molar refractivity (Wildman–Crippen MR) is 87.3 cm³/mol. The summed E-state index contributed by atoms with van der Waals surface area (Å²) in [4.78, 5) is 11.9.